The van der Waals surface area contributed by atoms with Crippen molar-refractivity contribution in [2.75, 3.05) is 6.54 Å². The van der Waals surface area contributed by atoms with Gasteiger partial charge in [0.15, 0.2) is 0 Å². The third-order valence-corrected chi connectivity index (χ3v) is 0.845. The first-order valence-electron chi connectivity index (χ1n) is 2.60. The van der Waals surface area contributed by atoms with Crippen molar-refractivity contribution in [2.45, 2.75) is 12.8 Å². The molecule has 0 rings (SSSR count). The van der Waals surface area contributed by atoms with E-state index in [0.717, 1.165) is 0 Å². The third kappa shape index (κ3) is 13.0. The van der Waals surface area contributed by atoms with Crippen molar-refractivity contribution >= 4 is 24.2 Å². The van der Waals surface area contributed by atoms with Crippen LogP contribution in [0.4, 0.5) is 0 Å². The largest absolute Gasteiger partial charge is 0.481 e. The molecular weight excluding hydrogens is 221 g/mol. The van der Waals surface area contributed by atoms with E-state index in [4.69, 9.17) is 10.8 Å². The van der Waals surface area contributed by atoms with Gasteiger partial charge in [-0.15, -0.1) is 12.4 Å². The quantitative estimate of drug-likeness (QED) is 0.656. The number of rotatable bonds is 4. The average Bonchev–Trinajstić information content (AvgIpc) is 1.83. The van der Waals surface area contributed by atoms with Crippen LogP contribution in [0.1, 0.15) is 12.8 Å². The van der Waals surface area contributed by atoms with Gasteiger partial charge in [0.1, 0.15) is 5.78 Å². The van der Waals surface area contributed by atoms with E-state index < -0.39 is 5.97 Å². The van der Waals surface area contributed by atoms with Gasteiger partial charge in [0.25, 0.3) is 0 Å². The van der Waals surface area contributed by atoms with Crippen molar-refractivity contribution in [3.63, 3.8) is 0 Å². The topological polar surface area (TPSA) is 80.4 Å². The van der Waals surface area contributed by atoms with Gasteiger partial charge in [-0.05, 0) is 0 Å². The summed E-state index contributed by atoms with van der Waals surface area (Å²) in [4.78, 5) is 20.2. The molecule has 0 aromatic heterocycles. The third-order valence-electron chi connectivity index (χ3n) is 0.845. The summed E-state index contributed by atoms with van der Waals surface area (Å²) in [5.74, 6) is -1.17. The van der Waals surface area contributed by atoms with E-state index in [9.17, 15) is 9.59 Å². The van der Waals surface area contributed by atoms with Gasteiger partial charge in [-0.3, -0.25) is 9.59 Å². The molecule has 0 atom stereocenters. The number of aliphatic carboxylic acids is 1. The summed E-state index contributed by atoms with van der Waals surface area (Å²) >= 11 is 0. The Kier molecular flexibility index (Phi) is 15.4. The summed E-state index contributed by atoms with van der Waals surface area (Å²) in [5, 5.41) is 8.06. The van der Waals surface area contributed by atoms with Crippen molar-refractivity contribution in [3.8, 4) is 0 Å². The molecule has 0 heterocycles. The zero-order valence-electron chi connectivity index (χ0n) is 5.67. The summed E-state index contributed by atoms with van der Waals surface area (Å²) in [5.41, 5.74) is 4.92. The van der Waals surface area contributed by atoms with Crippen LogP contribution in [0, 0.1) is 0 Å². The maximum absolute atomic E-state index is 10.3. The van der Waals surface area contributed by atoms with Gasteiger partial charge in [0, 0.05) is 23.5 Å². The Morgan fingerprint density at radius 1 is 1.27 bits per heavy atom. The van der Waals surface area contributed by atoms with Gasteiger partial charge in [-0.25, -0.2) is 0 Å². The molecule has 0 bridgehead atoms. The molecule has 0 fully saturated rings. The minimum Gasteiger partial charge on any atom is -0.481 e. The Bertz CT molecular complexity index is 131. The molecule has 0 aliphatic rings. The monoisotopic (exact) mass is 230 g/mol. The Labute approximate surface area is 81.4 Å². The summed E-state index contributed by atoms with van der Waals surface area (Å²) < 4.78 is 0. The van der Waals surface area contributed by atoms with Crippen LogP contribution in [0.2, 0.25) is 0 Å². The van der Waals surface area contributed by atoms with Crippen LogP contribution in [0.25, 0.3) is 0 Å². The van der Waals surface area contributed by atoms with E-state index in [2.05, 4.69) is 0 Å². The second kappa shape index (κ2) is 9.91. The number of hydrogen-bond donors (Lipinski definition) is 2. The fourth-order valence-electron chi connectivity index (χ4n) is 0.348. The number of hydrogen-bond acceptors (Lipinski definition) is 3. The molecule has 0 amide bonds. The average molecular weight is 231 g/mol. The first-order valence-corrected chi connectivity index (χ1v) is 2.60. The molecule has 0 aliphatic carbocycles. The van der Waals surface area contributed by atoms with Gasteiger partial charge >= 0.3 is 5.97 Å². The zero-order valence-corrected chi connectivity index (χ0v) is 7.43. The van der Waals surface area contributed by atoms with Crippen molar-refractivity contribution < 1.29 is 31.8 Å². The number of halogens is 1. The van der Waals surface area contributed by atoms with E-state index in [0.29, 0.717) is 0 Å². The van der Waals surface area contributed by atoms with Gasteiger partial charge in [0.05, 0.1) is 13.0 Å². The van der Waals surface area contributed by atoms with Gasteiger partial charge in [0.2, 0.25) is 0 Å². The zero-order chi connectivity index (χ0) is 7.28. The number of carbonyl (C=O) groups is 2. The van der Waals surface area contributed by atoms with E-state index in [-0.39, 0.29) is 54.6 Å². The second-order valence-electron chi connectivity index (χ2n) is 1.64. The van der Waals surface area contributed by atoms with Crippen LogP contribution in [0.3, 0.4) is 0 Å². The minimum absolute atomic E-state index is 0. The molecule has 4 nitrogen and oxygen atoms in total. The van der Waals surface area contributed by atoms with Crippen LogP contribution < -0.4 is 5.73 Å². The number of nitrogens with two attached hydrogens (primary N) is 1. The van der Waals surface area contributed by atoms with E-state index in [1.807, 2.05) is 0 Å². The molecule has 0 saturated carbocycles. The predicted molar refractivity (Wildman–Crippen MR) is 38.2 cm³/mol. The molecule has 71 valence electrons. The summed E-state index contributed by atoms with van der Waals surface area (Å²) in [7, 11) is 0. The maximum atomic E-state index is 10.3. The molecule has 0 spiro atoms. The second-order valence-corrected chi connectivity index (χ2v) is 1.64. The van der Waals surface area contributed by atoms with Crippen LogP contribution in [-0.2, 0) is 26.7 Å². The number of carbonyl (C=O) groups excluding carboxylic acids is 1. The van der Waals surface area contributed by atoms with E-state index >= 15 is 0 Å². The molecule has 6 heteroatoms. The molecule has 11 heavy (non-hydrogen) atoms. The van der Waals surface area contributed by atoms with Crippen molar-refractivity contribution in [2.24, 2.45) is 5.73 Å². The molecule has 0 saturated heterocycles. The Hall–Kier alpha value is -0.0905. The Morgan fingerprint density at radius 2 is 1.73 bits per heavy atom. The fraction of sp³-hybridized carbons (Fsp3) is 0.600. The Balaban J connectivity index is -0.000000320. The molecule has 3 N–H and O–H groups in total. The number of carboxylic acid groups (broad SMARTS) is 1. The first-order chi connectivity index (χ1) is 4.16. The van der Waals surface area contributed by atoms with Crippen molar-refractivity contribution in [1.82, 2.24) is 0 Å². The number of ketones is 1. The predicted octanol–water partition coefficient (Wildman–Crippen LogP) is -0.202. The van der Waals surface area contributed by atoms with Crippen LogP contribution in [-0.4, -0.2) is 23.4 Å². The van der Waals surface area contributed by atoms with Gasteiger partial charge in [-0.1, -0.05) is 0 Å². The van der Waals surface area contributed by atoms with Crippen molar-refractivity contribution in [3.05, 3.63) is 0 Å². The molecule has 0 unspecified atom stereocenters. The van der Waals surface area contributed by atoms with Crippen LogP contribution >= 0.6 is 12.4 Å². The smallest absolute Gasteiger partial charge is 0.303 e. The van der Waals surface area contributed by atoms with E-state index in [1.54, 1.807) is 0 Å². The summed E-state index contributed by atoms with van der Waals surface area (Å²) in [6.45, 7) is -0.0622. The van der Waals surface area contributed by atoms with Crippen LogP contribution in [0.15, 0.2) is 0 Å². The van der Waals surface area contributed by atoms with Crippen LogP contribution in [0.5, 0.6) is 0 Å². The maximum Gasteiger partial charge on any atom is 0.303 e. The summed E-state index contributed by atoms with van der Waals surface area (Å²) in [6.07, 6.45) is -0.0676. The normalized spacial score (nSPS) is 7.36. The van der Waals surface area contributed by atoms with Gasteiger partial charge in [-0.2, -0.15) is 0 Å². The standard InChI is InChI=1S/C5H9NO3.ClH.Cu/c6-3-4(7)1-2-5(8)9;;/h1-3,6H2,(H,8,9);1H;. The van der Waals surface area contributed by atoms with E-state index in [1.165, 1.54) is 0 Å². The molecular formula is C5H10ClCuNO3. The molecule has 0 aromatic rings. The number of Topliss-reactive ketones (excluding diaryl/α,β-unsaturated/α-hetero) is 1. The molecule has 0 aromatic carbocycles. The minimum atomic E-state index is -0.961. The van der Waals surface area contributed by atoms with Gasteiger partial charge < -0.3 is 10.8 Å². The SMILES string of the molecule is Cl.NCC(=O)CCC(=O)O.[Cu]. The molecule has 1 radical (unpaired) electrons. The van der Waals surface area contributed by atoms with Crippen molar-refractivity contribution in [1.29, 1.82) is 0 Å². The molecule has 0 aliphatic heterocycles. The fourth-order valence-corrected chi connectivity index (χ4v) is 0.348. The summed E-state index contributed by atoms with van der Waals surface area (Å²) in [6, 6.07) is 0. The Morgan fingerprint density at radius 3 is 2.00 bits per heavy atom. The number of carboxylic acids is 1. The first kappa shape index (κ1) is 17.1.